The average molecular weight is 482 g/mol. The standard InChI is InChI=1S/C21H21F3N4O4S/c1-32-20(29)16-5-4-8-27-14-15(25-19(16)27)13-26-9-11-28(12-10-26)33(30,31)18-7-3-2-6-17(18)21(22,23)24/h2-8,14H,9-13H2,1H3. The fraction of sp³-hybridized carbons (Fsp3) is 0.333. The van der Waals surface area contributed by atoms with Crippen LogP contribution < -0.4 is 0 Å². The Morgan fingerprint density at radius 3 is 2.45 bits per heavy atom. The molecule has 4 rings (SSSR count). The number of fused-ring (bicyclic) bond motifs is 1. The Balaban J connectivity index is 1.47. The molecule has 0 saturated carbocycles. The number of pyridine rings is 1. The lowest BCUT2D eigenvalue weighted by Gasteiger charge is -2.34. The van der Waals surface area contributed by atoms with Gasteiger partial charge in [0, 0.05) is 45.1 Å². The summed E-state index contributed by atoms with van der Waals surface area (Å²) < 4.78 is 73.3. The summed E-state index contributed by atoms with van der Waals surface area (Å²) in [6.07, 6.45) is -1.25. The monoisotopic (exact) mass is 482 g/mol. The van der Waals surface area contributed by atoms with Crippen LogP contribution in [0, 0.1) is 0 Å². The van der Waals surface area contributed by atoms with Gasteiger partial charge in [-0.05, 0) is 24.3 Å². The van der Waals surface area contributed by atoms with E-state index in [0.717, 1.165) is 16.4 Å². The van der Waals surface area contributed by atoms with E-state index in [4.69, 9.17) is 4.74 Å². The molecule has 0 aliphatic carbocycles. The highest BCUT2D eigenvalue weighted by Gasteiger charge is 2.39. The van der Waals surface area contributed by atoms with E-state index in [0.29, 0.717) is 36.5 Å². The minimum Gasteiger partial charge on any atom is -0.465 e. The molecule has 1 aromatic carbocycles. The number of benzene rings is 1. The van der Waals surface area contributed by atoms with Crippen LogP contribution in [-0.4, -0.2) is 66.3 Å². The minimum absolute atomic E-state index is 0.0509. The number of methoxy groups -OCH3 is 1. The second-order valence-electron chi connectivity index (χ2n) is 7.55. The lowest BCUT2D eigenvalue weighted by molar-refractivity contribution is -0.139. The molecule has 2 aromatic heterocycles. The topological polar surface area (TPSA) is 84.2 Å². The number of halogens is 3. The number of ether oxygens (including phenoxy) is 1. The maximum Gasteiger partial charge on any atom is 0.417 e. The molecule has 0 unspecified atom stereocenters. The quantitative estimate of drug-likeness (QED) is 0.520. The number of nitrogens with zero attached hydrogens (tertiary/aromatic N) is 4. The fourth-order valence-corrected chi connectivity index (χ4v) is 5.47. The highest BCUT2D eigenvalue weighted by Crippen LogP contribution is 2.35. The molecule has 3 aromatic rings. The zero-order valence-corrected chi connectivity index (χ0v) is 18.4. The molecular weight excluding hydrogens is 461 g/mol. The van der Waals surface area contributed by atoms with Crippen LogP contribution in [0.15, 0.2) is 53.7 Å². The molecule has 0 amide bonds. The Morgan fingerprint density at radius 1 is 1.09 bits per heavy atom. The van der Waals surface area contributed by atoms with Crippen molar-refractivity contribution in [1.82, 2.24) is 18.6 Å². The van der Waals surface area contributed by atoms with Gasteiger partial charge in [0.05, 0.1) is 23.3 Å². The summed E-state index contributed by atoms with van der Waals surface area (Å²) in [6.45, 7) is 1.15. The molecule has 176 valence electrons. The van der Waals surface area contributed by atoms with Crippen molar-refractivity contribution < 1.29 is 31.1 Å². The number of piperazine rings is 1. The van der Waals surface area contributed by atoms with Gasteiger partial charge < -0.3 is 9.14 Å². The Labute approximate surface area is 188 Å². The van der Waals surface area contributed by atoms with Crippen LogP contribution in [-0.2, 0) is 27.5 Å². The molecule has 0 radical (unpaired) electrons. The molecule has 0 N–H and O–H groups in total. The summed E-state index contributed by atoms with van der Waals surface area (Å²) in [7, 11) is -3.01. The third-order valence-electron chi connectivity index (χ3n) is 5.47. The van der Waals surface area contributed by atoms with E-state index in [2.05, 4.69) is 4.98 Å². The number of esters is 1. The van der Waals surface area contributed by atoms with E-state index in [1.54, 1.807) is 28.9 Å². The van der Waals surface area contributed by atoms with E-state index >= 15 is 0 Å². The predicted octanol–water partition coefficient (Wildman–Crippen LogP) is 2.65. The number of aromatic nitrogens is 2. The normalized spacial score (nSPS) is 16.2. The zero-order chi connectivity index (χ0) is 23.8. The molecule has 0 atom stereocenters. The van der Waals surface area contributed by atoms with Crippen LogP contribution in [0.25, 0.3) is 5.65 Å². The first kappa shape index (κ1) is 23.2. The van der Waals surface area contributed by atoms with Crippen LogP contribution in [0.3, 0.4) is 0 Å². The molecule has 1 fully saturated rings. The van der Waals surface area contributed by atoms with E-state index in [1.165, 1.54) is 19.2 Å². The lowest BCUT2D eigenvalue weighted by Crippen LogP contribution is -2.48. The van der Waals surface area contributed by atoms with Crippen LogP contribution in [0.4, 0.5) is 13.2 Å². The van der Waals surface area contributed by atoms with Crippen molar-refractivity contribution in [2.45, 2.75) is 17.6 Å². The van der Waals surface area contributed by atoms with Crippen molar-refractivity contribution in [1.29, 1.82) is 0 Å². The average Bonchev–Trinajstić information content (AvgIpc) is 3.20. The van der Waals surface area contributed by atoms with Gasteiger partial charge >= 0.3 is 12.1 Å². The molecular formula is C21H21F3N4O4S. The summed E-state index contributed by atoms with van der Waals surface area (Å²) in [4.78, 5) is 17.7. The van der Waals surface area contributed by atoms with Crippen LogP contribution in [0.5, 0.6) is 0 Å². The van der Waals surface area contributed by atoms with Gasteiger partial charge in [-0.3, -0.25) is 4.90 Å². The van der Waals surface area contributed by atoms with Crippen molar-refractivity contribution in [2.24, 2.45) is 0 Å². The molecule has 1 aliphatic heterocycles. The smallest absolute Gasteiger partial charge is 0.417 e. The highest BCUT2D eigenvalue weighted by molar-refractivity contribution is 7.89. The predicted molar refractivity (Wildman–Crippen MR) is 112 cm³/mol. The van der Waals surface area contributed by atoms with E-state index in [9.17, 15) is 26.4 Å². The maximum absolute atomic E-state index is 13.3. The molecule has 0 bridgehead atoms. The highest BCUT2D eigenvalue weighted by atomic mass is 32.2. The fourth-order valence-electron chi connectivity index (χ4n) is 3.83. The maximum atomic E-state index is 13.3. The Bertz CT molecular complexity index is 1280. The van der Waals surface area contributed by atoms with E-state index < -0.39 is 32.6 Å². The van der Waals surface area contributed by atoms with Crippen LogP contribution in [0.2, 0.25) is 0 Å². The third-order valence-corrected chi connectivity index (χ3v) is 7.42. The zero-order valence-electron chi connectivity index (χ0n) is 17.6. The molecule has 3 heterocycles. The van der Waals surface area contributed by atoms with E-state index in [1.807, 2.05) is 4.90 Å². The number of hydrogen-bond acceptors (Lipinski definition) is 6. The number of carbonyl (C=O) groups excluding carboxylic acids is 1. The van der Waals surface area contributed by atoms with Crippen LogP contribution in [0.1, 0.15) is 21.6 Å². The number of rotatable bonds is 5. The summed E-state index contributed by atoms with van der Waals surface area (Å²) >= 11 is 0. The number of imidazole rings is 1. The molecule has 0 spiro atoms. The molecule has 8 nitrogen and oxygen atoms in total. The van der Waals surface area contributed by atoms with Gasteiger partial charge in [0.15, 0.2) is 5.65 Å². The Morgan fingerprint density at radius 2 is 1.79 bits per heavy atom. The van der Waals surface area contributed by atoms with Gasteiger partial charge in [0.1, 0.15) is 5.56 Å². The van der Waals surface area contributed by atoms with Crippen molar-refractivity contribution >= 4 is 21.6 Å². The summed E-state index contributed by atoms with van der Waals surface area (Å²) in [6, 6.07) is 7.52. The first-order chi connectivity index (χ1) is 15.6. The first-order valence-corrected chi connectivity index (χ1v) is 11.5. The number of sulfonamides is 1. The van der Waals surface area contributed by atoms with Gasteiger partial charge in [-0.15, -0.1) is 0 Å². The van der Waals surface area contributed by atoms with Gasteiger partial charge in [-0.2, -0.15) is 17.5 Å². The summed E-state index contributed by atoms with van der Waals surface area (Å²) in [5.41, 5.74) is 0.276. The van der Waals surface area contributed by atoms with Gasteiger partial charge in [0.2, 0.25) is 10.0 Å². The summed E-state index contributed by atoms with van der Waals surface area (Å²) in [5, 5.41) is 0. The molecule has 12 heteroatoms. The van der Waals surface area contributed by atoms with Gasteiger partial charge in [0.25, 0.3) is 0 Å². The lowest BCUT2D eigenvalue weighted by atomic mass is 10.2. The number of hydrogen-bond donors (Lipinski definition) is 0. The van der Waals surface area contributed by atoms with Gasteiger partial charge in [-0.25, -0.2) is 18.2 Å². The number of carbonyl (C=O) groups is 1. The molecule has 1 saturated heterocycles. The molecule has 1 aliphatic rings. The largest absolute Gasteiger partial charge is 0.465 e. The number of alkyl halides is 3. The van der Waals surface area contributed by atoms with Crippen molar-refractivity contribution in [2.75, 3.05) is 33.3 Å². The first-order valence-electron chi connectivity index (χ1n) is 10.0. The second-order valence-corrected chi connectivity index (χ2v) is 9.46. The molecule has 33 heavy (non-hydrogen) atoms. The van der Waals surface area contributed by atoms with E-state index in [-0.39, 0.29) is 13.1 Å². The van der Waals surface area contributed by atoms with Crippen molar-refractivity contribution in [3.05, 3.63) is 65.6 Å². The van der Waals surface area contributed by atoms with Crippen molar-refractivity contribution in [3.63, 3.8) is 0 Å². The van der Waals surface area contributed by atoms with Gasteiger partial charge in [-0.1, -0.05) is 12.1 Å². The third kappa shape index (κ3) is 4.59. The minimum atomic E-state index is -4.77. The Kier molecular flexibility index (Phi) is 6.16. The van der Waals surface area contributed by atoms with Crippen molar-refractivity contribution in [3.8, 4) is 0 Å². The van der Waals surface area contributed by atoms with Crippen LogP contribution >= 0.6 is 0 Å². The Hall–Kier alpha value is -2.96. The summed E-state index contributed by atoms with van der Waals surface area (Å²) in [5.74, 6) is -0.504. The second kappa shape index (κ2) is 8.76. The SMILES string of the molecule is COC(=O)c1cccn2cc(CN3CCN(S(=O)(=O)c4ccccc4C(F)(F)F)CC3)nc12.